The van der Waals surface area contributed by atoms with Crippen LogP contribution >= 0.6 is 11.3 Å². The van der Waals surface area contributed by atoms with E-state index in [4.69, 9.17) is 4.74 Å². The van der Waals surface area contributed by atoms with Crippen LogP contribution < -0.4 is 4.74 Å². The van der Waals surface area contributed by atoms with Gasteiger partial charge in [-0.1, -0.05) is 6.92 Å². The number of benzene rings is 1. The lowest BCUT2D eigenvalue weighted by molar-refractivity contribution is 0.373. The summed E-state index contributed by atoms with van der Waals surface area (Å²) in [5.41, 5.74) is 1.05. The minimum atomic E-state index is 0.275. The van der Waals surface area contributed by atoms with Crippen molar-refractivity contribution in [3.8, 4) is 11.5 Å². The molecule has 1 aromatic carbocycles. The number of aromatic hydroxyl groups is 1. The van der Waals surface area contributed by atoms with Gasteiger partial charge in [-0.3, -0.25) is 0 Å². The number of hydrogen-bond donors (Lipinski definition) is 1. The highest BCUT2D eigenvalue weighted by molar-refractivity contribution is 7.17. The third-order valence-corrected chi connectivity index (χ3v) is 3.27. The quantitative estimate of drug-likeness (QED) is 0.821. The van der Waals surface area contributed by atoms with Gasteiger partial charge in [0.1, 0.15) is 0 Å². The number of methoxy groups -OCH3 is 1. The van der Waals surface area contributed by atoms with Crippen molar-refractivity contribution < 1.29 is 9.84 Å². The molecule has 2 aromatic rings. The second-order valence-corrected chi connectivity index (χ2v) is 4.03. The Morgan fingerprint density at radius 2 is 2.29 bits per heavy atom. The number of phenolic OH excluding ortho intramolecular Hbond substituents is 1. The van der Waals surface area contributed by atoms with Crippen molar-refractivity contribution in [1.82, 2.24) is 0 Å². The minimum Gasteiger partial charge on any atom is -0.503 e. The van der Waals surface area contributed by atoms with Crippen LogP contribution in [0, 0.1) is 0 Å². The Balaban J connectivity index is 2.79. The largest absolute Gasteiger partial charge is 0.503 e. The molecule has 0 spiro atoms. The lowest BCUT2D eigenvalue weighted by Crippen LogP contribution is -1.90. The van der Waals surface area contributed by atoms with Gasteiger partial charge in [0.05, 0.1) is 11.8 Å². The van der Waals surface area contributed by atoms with Gasteiger partial charge < -0.3 is 9.84 Å². The fourth-order valence-electron chi connectivity index (χ4n) is 1.62. The molecule has 0 saturated heterocycles. The van der Waals surface area contributed by atoms with Crippen LogP contribution in [0.25, 0.3) is 10.1 Å². The molecule has 0 radical (unpaired) electrons. The highest BCUT2D eigenvalue weighted by atomic mass is 32.1. The van der Waals surface area contributed by atoms with E-state index in [1.165, 1.54) is 11.3 Å². The lowest BCUT2D eigenvalue weighted by atomic mass is 10.1. The molecule has 0 unspecified atom stereocenters. The Morgan fingerprint density at radius 1 is 1.50 bits per heavy atom. The Hall–Kier alpha value is -1.22. The van der Waals surface area contributed by atoms with Crippen molar-refractivity contribution in [2.75, 3.05) is 7.11 Å². The molecule has 0 aliphatic heterocycles. The summed E-state index contributed by atoms with van der Waals surface area (Å²) in [7, 11) is 1.59. The van der Waals surface area contributed by atoms with Crippen molar-refractivity contribution in [2.24, 2.45) is 0 Å². The first-order chi connectivity index (χ1) is 6.77. The van der Waals surface area contributed by atoms with E-state index in [1.54, 1.807) is 7.11 Å². The van der Waals surface area contributed by atoms with Crippen molar-refractivity contribution in [1.29, 1.82) is 0 Å². The van der Waals surface area contributed by atoms with Gasteiger partial charge in [-0.15, -0.1) is 11.3 Å². The molecule has 0 amide bonds. The van der Waals surface area contributed by atoms with Crippen molar-refractivity contribution in [2.45, 2.75) is 13.3 Å². The van der Waals surface area contributed by atoms with E-state index in [9.17, 15) is 5.11 Å². The molecule has 0 fully saturated rings. The number of phenols is 1. The molecule has 1 aromatic heterocycles. The zero-order valence-electron chi connectivity index (χ0n) is 8.20. The highest BCUT2D eigenvalue weighted by Crippen LogP contribution is 2.40. The minimum absolute atomic E-state index is 0.275. The number of aryl methyl sites for hydroxylation is 1. The number of rotatable bonds is 2. The molecule has 3 heteroatoms. The van der Waals surface area contributed by atoms with Crippen molar-refractivity contribution >= 4 is 21.4 Å². The summed E-state index contributed by atoms with van der Waals surface area (Å²) >= 11 is 1.53. The molecule has 0 saturated carbocycles. The Bertz CT molecular complexity index is 460. The molecule has 1 N–H and O–H groups in total. The molecule has 1 heterocycles. The number of hydrogen-bond acceptors (Lipinski definition) is 3. The van der Waals surface area contributed by atoms with Crippen LogP contribution in [0.4, 0.5) is 0 Å². The van der Waals surface area contributed by atoms with Crippen LogP contribution in [0.2, 0.25) is 0 Å². The first-order valence-corrected chi connectivity index (χ1v) is 5.42. The average molecular weight is 208 g/mol. The van der Waals surface area contributed by atoms with E-state index < -0.39 is 0 Å². The molecule has 0 bridgehead atoms. The van der Waals surface area contributed by atoms with E-state index >= 15 is 0 Å². The molecule has 0 atom stereocenters. The topological polar surface area (TPSA) is 29.5 Å². The summed E-state index contributed by atoms with van der Waals surface area (Å²) in [5, 5.41) is 13.0. The maximum Gasteiger partial charge on any atom is 0.176 e. The van der Waals surface area contributed by atoms with Gasteiger partial charge in [0.15, 0.2) is 11.5 Å². The maximum absolute atomic E-state index is 9.94. The Kier molecular flexibility index (Phi) is 2.33. The van der Waals surface area contributed by atoms with Gasteiger partial charge in [0, 0.05) is 0 Å². The predicted octanol–water partition coefficient (Wildman–Crippen LogP) is 3.18. The zero-order chi connectivity index (χ0) is 10.1. The average Bonchev–Trinajstić information content (AvgIpc) is 2.65. The number of ether oxygens (including phenoxy) is 1. The second-order valence-electron chi connectivity index (χ2n) is 3.11. The van der Waals surface area contributed by atoms with Crippen LogP contribution in [0.1, 0.15) is 12.5 Å². The monoisotopic (exact) mass is 208 g/mol. The van der Waals surface area contributed by atoms with Crippen LogP contribution in [0.3, 0.4) is 0 Å². The SMILES string of the molecule is CCc1cc2ccsc2c(O)c1OC. The number of thiophene rings is 1. The standard InChI is InChI=1S/C11H12O2S/c1-3-7-6-8-4-5-14-11(8)9(12)10(7)13-2/h4-6,12H,3H2,1-2H3. The smallest absolute Gasteiger partial charge is 0.176 e. The molecule has 74 valence electrons. The lowest BCUT2D eigenvalue weighted by Gasteiger charge is -2.09. The first kappa shape index (κ1) is 9.34. The highest BCUT2D eigenvalue weighted by Gasteiger charge is 2.12. The summed E-state index contributed by atoms with van der Waals surface area (Å²) in [5.74, 6) is 0.888. The fourth-order valence-corrected chi connectivity index (χ4v) is 2.44. The third-order valence-electron chi connectivity index (χ3n) is 2.33. The molecular weight excluding hydrogens is 196 g/mol. The maximum atomic E-state index is 9.94. The zero-order valence-corrected chi connectivity index (χ0v) is 9.02. The summed E-state index contributed by atoms with van der Waals surface area (Å²) in [6, 6.07) is 4.09. The molecule has 2 nitrogen and oxygen atoms in total. The van der Waals surface area contributed by atoms with Crippen LogP contribution in [-0.2, 0) is 6.42 Å². The molecule has 0 aliphatic carbocycles. The summed E-state index contributed by atoms with van der Waals surface area (Å²) in [4.78, 5) is 0. The van der Waals surface area contributed by atoms with Gasteiger partial charge in [-0.25, -0.2) is 0 Å². The Labute approximate surface area is 86.8 Å². The van der Waals surface area contributed by atoms with E-state index in [1.807, 2.05) is 11.4 Å². The van der Waals surface area contributed by atoms with E-state index in [2.05, 4.69) is 13.0 Å². The van der Waals surface area contributed by atoms with Crippen molar-refractivity contribution in [3.05, 3.63) is 23.1 Å². The predicted molar refractivity (Wildman–Crippen MR) is 59.4 cm³/mol. The number of fused-ring (bicyclic) bond motifs is 1. The molecular formula is C11H12O2S. The Morgan fingerprint density at radius 3 is 2.93 bits per heavy atom. The molecule has 2 rings (SSSR count). The third kappa shape index (κ3) is 1.24. The van der Waals surface area contributed by atoms with E-state index in [0.29, 0.717) is 5.75 Å². The van der Waals surface area contributed by atoms with Crippen molar-refractivity contribution in [3.63, 3.8) is 0 Å². The van der Waals surface area contributed by atoms with Gasteiger partial charge in [0.25, 0.3) is 0 Å². The second kappa shape index (κ2) is 3.50. The molecule has 0 aliphatic rings. The van der Waals surface area contributed by atoms with E-state index in [-0.39, 0.29) is 5.75 Å². The fraction of sp³-hybridized carbons (Fsp3) is 0.273. The summed E-state index contributed by atoms with van der Waals surface area (Å²) < 4.78 is 6.10. The van der Waals surface area contributed by atoms with E-state index in [0.717, 1.165) is 22.1 Å². The van der Waals surface area contributed by atoms with Gasteiger partial charge >= 0.3 is 0 Å². The normalized spacial score (nSPS) is 10.7. The first-order valence-electron chi connectivity index (χ1n) is 4.54. The molecule has 14 heavy (non-hydrogen) atoms. The summed E-state index contributed by atoms with van der Waals surface area (Å²) in [6.07, 6.45) is 0.864. The summed E-state index contributed by atoms with van der Waals surface area (Å²) in [6.45, 7) is 2.05. The van der Waals surface area contributed by atoms with Gasteiger partial charge in [-0.05, 0) is 34.9 Å². The van der Waals surface area contributed by atoms with Gasteiger partial charge in [0.2, 0.25) is 0 Å². The van der Waals surface area contributed by atoms with Crippen LogP contribution in [0.15, 0.2) is 17.5 Å². The van der Waals surface area contributed by atoms with Gasteiger partial charge in [-0.2, -0.15) is 0 Å². The van der Waals surface area contributed by atoms with Crippen LogP contribution in [-0.4, -0.2) is 12.2 Å². The van der Waals surface area contributed by atoms with Crippen LogP contribution in [0.5, 0.6) is 11.5 Å².